The van der Waals surface area contributed by atoms with Crippen molar-refractivity contribution in [1.82, 2.24) is 24.6 Å². The number of aromatic nitrogens is 3. The molecular formula is C16H11F6N5O2. The first-order chi connectivity index (χ1) is 13.3. The summed E-state index contributed by atoms with van der Waals surface area (Å²) in [5.41, 5.74) is -3.62. The first-order valence-electron chi connectivity index (χ1n) is 7.77. The maximum atomic E-state index is 13.0. The highest BCUT2D eigenvalue weighted by atomic mass is 19.4. The number of alkyl halides is 6. The molecule has 0 spiro atoms. The molecule has 1 aromatic carbocycles. The number of amides is 3. The van der Waals surface area contributed by atoms with Crippen LogP contribution in [0.4, 0.5) is 31.1 Å². The maximum Gasteiger partial charge on any atom is 0.416 e. The van der Waals surface area contributed by atoms with E-state index in [1.165, 1.54) is 14.1 Å². The summed E-state index contributed by atoms with van der Waals surface area (Å²) in [7, 11) is 2.56. The molecule has 7 nitrogen and oxygen atoms in total. The number of urea groups is 1. The van der Waals surface area contributed by atoms with Gasteiger partial charge in [0.25, 0.3) is 5.91 Å². The van der Waals surface area contributed by atoms with Crippen LogP contribution in [0.1, 0.15) is 11.1 Å². The van der Waals surface area contributed by atoms with Crippen LogP contribution in [-0.2, 0) is 17.1 Å². The highest BCUT2D eigenvalue weighted by molar-refractivity contribution is 6.12. The van der Waals surface area contributed by atoms with E-state index < -0.39 is 46.8 Å². The van der Waals surface area contributed by atoms with Gasteiger partial charge in [-0.1, -0.05) is 0 Å². The van der Waals surface area contributed by atoms with E-state index in [0.29, 0.717) is 12.1 Å². The molecule has 1 aliphatic heterocycles. The van der Waals surface area contributed by atoms with E-state index in [0.717, 1.165) is 27.0 Å². The molecule has 1 aliphatic rings. The molecule has 0 saturated carbocycles. The van der Waals surface area contributed by atoms with E-state index in [-0.39, 0.29) is 11.8 Å². The lowest BCUT2D eigenvalue weighted by Crippen LogP contribution is -2.27. The van der Waals surface area contributed by atoms with Crippen LogP contribution in [0.2, 0.25) is 0 Å². The Hall–Kier alpha value is -3.38. The Morgan fingerprint density at radius 3 is 1.90 bits per heavy atom. The molecule has 0 radical (unpaired) electrons. The SMILES string of the molecule is CN1C(=O)/C(=C/n2cnc(-c3cc(C(F)(F)F)cc(C(F)(F)F)c3)n2)N(C)C1=O. The third-order valence-corrected chi connectivity index (χ3v) is 4.07. The average Bonchev–Trinajstić information content (AvgIpc) is 3.16. The van der Waals surface area contributed by atoms with Gasteiger partial charge in [-0.3, -0.25) is 14.6 Å². The van der Waals surface area contributed by atoms with Gasteiger partial charge in [0.2, 0.25) is 0 Å². The smallest absolute Gasteiger partial charge is 0.291 e. The maximum absolute atomic E-state index is 13.0. The van der Waals surface area contributed by atoms with E-state index in [4.69, 9.17) is 0 Å². The van der Waals surface area contributed by atoms with Crippen LogP contribution >= 0.6 is 0 Å². The fraction of sp³-hybridized carbons (Fsp3) is 0.250. The van der Waals surface area contributed by atoms with Crippen molar-refractivity contribution in [2.45, 2.75) is 12.4 Å². The first kappa shape index (κ1) is 20.4. The third kappa shape index (κ3) is 3.79. The number of hydrogen-bond acceptors (Lipinski definition) is 4. The molecule has 3 amide bonds. The van der Waals surface area contributed by atoms with Crippen LogP contribution in [0.15, 0.2) is 30.2 Å². The summed E-state index contributed by atoms with van der Waals surface area (Å²) in [5.74, 6) is -1.08. The van der Waals surface area contributed by atoms with Gasteiger partial charge in [-0.05, 0) is 18.2 Å². The Labute approximate surface area is 158 Å². The predicted octanol–water partition coefficient (Wildman–Crippen LogP) is 3.30. The summed E-state index contributed by atoms with van der Waals surface area (Å²) in [5, 5.41) is 3.80. The highest BCUT2D eigenvalue weighted by Crippen LogP contribution is 2.38. The average molecular weight is 419 g/mol. The van der Waals surface area contributed by atoms with Gasteiger partial charge < -0.3 is 0 Å². The van der Waals surface area contributed by atoms with Crippen LogP contribution in [-0.4, -0.2) is 50.6 Å². The fourth-order valence-corrected chi connectivity index (χ4v) is 2.55. The highest BCUT2D eigenvalue weighted by Gasteiger charge is 2.38. The van der Waals surface area contributed by atoms with Crippen LogP contribution in [0.5, 0.6) is 0 Å². The van der Waals surface area contributed by atoms with Crippen molar-refractivity contribution in [3.63, 3.8) is 0 Å². The Morgan fingerprint density at radius 1 is 0.897 bits per heavy atom. The first-order valence-corrected chi connectivity index (χ1v) is 7.77. The summed E-state index contributed by atoms with van der Waals surface area (Å²) in [6.45, 7) is 0. The van der Waals surface area contributed by atoms with E-state index in [1.807, 2.05) is 0 Å². The molecule has 0 unspecified atom stereocenters. The number of imide groups is 1. The van der Waals surface area contributed by atoms with Crippen LogP contribution in [0, 0.1) is 0 Å². The van der Waals surface area contributed by atoms with Crippen molar-refractivity contribution >= 4 is 18.1 Å². The second-order valence-corrected chi connectivity index (χ2v) is 6.06. The molecule has 3 rings (SSSR count). The van der Waals surface area contributed by atoms with Crippen molar-refractivity contribution in [2.75, 3.05) is 14.1 Å². The normalized spacial score (nSPS) is 17.0. The quantitative estimate of drug-likeness (QED) is 0.426. The Balaban J connectivity index is 2.04. The number of nitrogens with zero attached hydrogens (tertiary/aromatic N) is 5. The standard InChI is InChI=1S/C16H11F6N5O2/c1-25-11(13(28)26(2)14(25)29)6-27-7-23-12(24-27)8-3-9(15(17,18)19)5-10(4-8)16(20,21)22/h3-7H,1-2H3/b11-6-. The third-order valence-electron chi connectivity index (χ3n) is 4.07. The lowest BCUT2D eigenvalue weighted by molar-refractivity contribution is -0.143. The van der Waals surface area contributed by atoms with E-state index in [2.05, 4.69) is 10.1 Å². The number of likely N-dealkylation sites (N-methyl/N-ethyl adjacent to an activating group) is 2. The zero-order valence-electron chi connectivity index (χ0n) is 14.7. The molecule has 1 aromatic heterocycles. The lowest BCUT2D eigenvalue weighted by Gasteiger charge is -2.13. The molecule has 0 N–H and O–H groups in total. The lowest BCUT2D eigenvalue weighted by atomic mass is 10.0. The van der Waals surface area contributed by atoms with Gasteiger partial charge in [-0.2, -0.15) is 26.3 Å². The van der Waals surface area contributed by atoms with Crippen molar-refractivity contribution in [1.29, 1.82) is 0 Å². The topological polar surface area (TPSA) is 71.3 Å². The van der Waals surface area contributed by atoms with Gasteiger partial charge in [0.15, 0.2) is 5.82 Å². The predicted molar refractivity (Wildman–Crippen MR) is 85.7 cm³/mol. The molecule has 2 aromatic rings. The van der Waals surface area contributed by atoms with Gasteiger partial charge in [-0.15, -0.1) is 5.10 Å². The monoisotopic (exact) mass is 419 g/mol. The van der Waals surface area contributed by atoms with E-state index in [1.54, 1.807) is 0 Å². The summed E-state index contributed by atoms with van der Waals surface area (Å²) >= 11 is 0. The van der Waals surface area contributed by atoms with Gasteiger partial charge in [0.1, 0.15) is 12.0 Å². The molecule has 0 bridgehead atoms. The van der Waals surface area contributed by atoms with E-state index in [9.17, 15) is 35.9 Å². The molecule has 0 atom stereocenters. The summed E-state index contributed by atoms with van der Waals surface area (Å²) in [6.07, 6.45) is -7.95. The van der Waals surface area contributed by atoms with Crippen LogP contribution in [0.3, 0.4) is 0 Å². The molecular weight excluding hydrogens is 408 g/mol. The van der Waals surface area contributed by atoms with Gasteiger partial charge in [0.05, 0.1) is 17.3 Å². The molecule has 0 aliphatic carbocycles. The Kier molecular flexibility index (Phi) is 4.63. The van der Waals surface area contributed by atoms with Crippen LogP contribution in [0.25, 0.3) is 17.6 Å². The fourth-order valence-electron chi connectivity index (χ4n) is 2.55. The molecule has 1 fully saturated rings. The van der Waals surface area contributed by atoms with Gasteiger partial charge in [-0.25, -0.2) is 14.5 Å². The van der Waals surface area contributed by atoms with Crippen molar-refractivity contribution in [3.8, 4) is 11.4 Å². The molecule has 154 valence electrons. The number of carbonyl (C=O) groups is 2. The molecule has 29 heavy (non-hydrogen) atoms. The number of halogens is 6. The number of hydrogen-bond donors (Lipinski definition) is 0. The largest absolute Gasteiger partial charge is 0.416 e. The van der Waals surface area contributed by atoms with Gasteiger partial charge >= 0.3 is 18.4 Å². The van der Waals surface area contributed by atoms with Crippen molar-refractivity contribution < 1.29 is 35.9 Å². The zero-order chi connectivity index (χ0) is 21.7. The van der Waals surface area contributed by atoms with E-state index >= 15 is 0 Å². The van der Waals surface area contributed by atoms with Gasteiger partial charge in [0, 0.05) is 19.7 Å². The Bertz CT molecular complexity index is 991. The second-order valence-electron chi connectivity index (χ2n) is 6.06. The Morgan fingerprint density at radius 2 is 1.45 bits per heavy atom. The number of carbonyl (C=O) groups excluding carboxylic acids is 2. The summed E-state index contributed by atoms with van der Waals surface area (Å²) in [6, 6.07) is 0.364. The summed E-state index contributed by atoms with van der Waals surface area (Å²) in [4.78, 5) is 29.3. The summed E-state index contributed by atoms with van der Waals surface area (Å²) < 4.78 is 78.8. The second kappa shape index (κ2) is 6.60. The zero-order valence-corrected chi connectivity index (χ0v) is 14.7. The minimum atomic E-state index is -5.01. The minimum Gasteiger partial charge on any atom is -0.291 e. The van der Waals surface area contributed by atoms with Crippen molar-refractivity contribution in [3.05, 3.63) is 41.4 Å². The number of benzene rings is 1. The molecule has 2 heterocycles. The molecule has 13 heteroatoms. The van der Waals surface area contributed by atoms with Crippen LogP contribution < -0.4 is 0 Å². The molecule has 1 saturated heterocycles. The number of rotatable bonds is 2. The minimum absolute atomic E-state index is 0.00390. The van der Waals surface area contributed by atoms with Crippen molar-refractivity contribution in [2.24, 2.45) is 0 Å².